The Kier molecular flexibility index (Phi) is 4.80. The quantitative estimate of drug-likeness (QED) is 0.556. The van der Waals surface area contributed by atoms with E-state index in [1.165, 1.54) is 19.3 Å². The van der Waals surface area contributed by atoms with Crippen LogP contribution in [0.15, 0.2) is 24.3 Å². The van der Waals surface area contributed by atoms with Crippen LogP contribution in [0.4, 0.5) is 0 Å². The van der Waals surface area contributed by atoms with Crippen molar-refractivity contribution in [2.45, 2.75) is 56.6 Å². The van der Waals surface area contributed by atoms with Crippen LogP contribution in [0.3, 0.4) is 0 Å². The third kappa shape index (κ3) is 3.47. The number of aliphatic hydroxyl groups is 1. The number of aliphatic hydroxyl groups excluding tert-OH is 1. The van der Waals surface area contributed by atoms with E-state index in [2.05, 4.69) is 0 Å². The average molecular weight is 394 g/mol. The normalized spacial score (nSPS) is 34.3. The lowest BCUT2D eigenvalue weighted by Gasteiger charge is -2.22. The summed E-state index contributed by atoms with van der Waals surface area (Å²) in [6.45, 7) is 3.50. The minimum Gasteiger partial charge on any atom is -0.504 e. The van der Waals surface area contributed by atoms with Gasteiger partial charge in [0.05, 0.1) is 7.11 Å². The lowest BCUT2D eigenvalue weighted by Crippen LogP contribution is -2.38. The smallest absolute Gasteiger partial charge is 0.338 e. The summed E-state index contributed by atoms with van der Waals surface area (Å²) in [5, 5.41) is 19.8. The summed E-state index contributed by atoms with van der Waals surface area (Å²) >= 11 is 0. The van der Waals surface area contributed by atoms with Crippen molar-refractivity contribution >= 4 is 12.0 Å². The Bertz CT molecular complexity index is 790. The zero-order valence-electron chi connectivity index (χ0n) is 15.6. The number of hydrogen-bond acceptors (Lipinski definition) is 9. The van der Waals surface area contributed by atoms with Crippen molar-refractivity contribution < 1.29 is 43.4 Å². The molecular weight excluding hydrogens is 372 g/mol. The highest BCUT2D eigenvalue weighted by Gasteiger charge is 2.63. The van der Waals surface area contributed by atoms with Crippen LogP contribution < -0.4 is 4.74 Å². The number of carbonyl (C=O) groups excluding carboxylic acids is 1. The van der Waals surface area contributed by atoms with Crippen molar-refractivity contribution in [2.24, 2.45) is 0 Å². The van der Waals surface area contributed by atoms with Crippen molar-refractivity contribution in [3.63, 3.8) is 0 Å². The first-order valence-electron chi connectivity index (χ1n) is 8.88. The van der Waals surface area contributed by atoms with E-state index >= 15 is 0 Å². The van der Waals surface area contributed by atoms with Crippen LogP contribution >= 0.6 is 0 Å². The van der Waals surface area contributed by atoms with Crippen LogP contribution in [0.25, 0.3) is 6.08 Å². The molecule has 0 amide bonds. The van der Waals surface area contributed by atoms with E-state index in [1.54, 1.807) is 32.1 Å². The Labute approximate surface area is 161 Å². The van der Waals surface area contributed by atoms with Crippen molar-refractivity contribution in [1.29, 1.82) is 0 Å². The Hall–Kier alpha value is -2.17. The number of fused-ring (bicyclic) bond motifs is 3. The molecule has 4 rings (SSSR count). The summed E-state index contributed by atoms with van der Waals surface area (Å²) in [6, 6.07) is 4.70. The molecule has 1 aromatic rings. The van der Waals surface area contributed by atoms with E-state index in [1.807, 2.05) is 0 Å². The number of aromatic hydroxyl groups is 1. The van der Waals surface area contributed by atoms with Crippen LogP contribution in [0.1, 0.15) is 19.4 Å². The third-order valence-electron chi connectivity index (χ3n) is 4.75. The summed E-state index contributed by atoms with van der Waals surface area (Å²) in [7, 11) is 1.44. The predicted octanol–water partition coefficient (Wildman–Crippen LogP) is 0.919. The van der Waals surface area contributed by atoms with Crippen molar-refractivity contribution in [3.05, 3.63) is 29.8 Å². The molecule has 3 aliphatic rings. The van der Waals surface area contributed by atoms with Gasteiger partial charge < -0.3 is 38.6 Å². The molecular formula is C19H22O9. The number of carbonyl (C=O) groups is 1. The third-order valence-corrected chi connectivity index (χ3v) is 4.75. The van der Waals surface area contributed by atoms with Crippen molar-refractivity contribution in [2.75, 3.05) is 7.11 Å². The van der Waals surface area contributed by atoms with Crippen LogP contribution in [0.2, 0.25) is 0 Å². The number of phenols is 1. The van der Waals surface area contributed by atoms with Crippen LogP contribution in [0.5, 0.6) is 11.5 Å². The first-order valence-corrected chi connectivity index (χ1v) is 8.88. The summed E-state index contributed by atoms with van der Waals surface area (Å²) in [5.74, 6) is -1.14. The molecule has 3 heterocycles. The largest absolute Gasteiger partial charge is 0.504 e. The van der Waals surface area contributed by atoms with E-state index in [4.69, 9.17) is 28.4 Å². The maximum Gasteiger partial charge on any atom is 0.338 e. The van der Waals surface area contributed by atoms with E-state index in [9.17, 15) is 15.0 Å². The topological polar surface area (TPSA) is 113 Å². The van der Waals surface area contributed by atoms with Crippen molar-refractivity contribution in [1.82, 2.24) is 0 Å². The number of benzene rings is 1. The predicted molar refractivity (Wildman–Crippen MR) is 93.2 cm³/mol. The van der Waals surface area contributed by atoms with Gasteiger partial charge in [0.1, 0.15) is 6.10 Å². The molecule has 0 spiro atoms. The van der Waals surface area contributed by atoms with Crippen LogP contribution in [-0.4, -0.2) is 66.1 Å². The molecule has 0 aliphatic carbocycles. The molecule has 9 heteroatoms. The second-order valence-corrected chi connectivity index (χ2v) is 7.21. The molecule has 6 unspecified atom stereocenters. The van der Waals surface area contributed by atoms with Gasteiger partial charge in [-0.1, -0.05) is 12.1 Å². The molecule has 28 heavy (non-hydrogen) atoms. The highest BCUT2D eigenvalue weighted by molar-refractivity contribution is 5.78. The molecule has 0 aromatic heterocycles. The monoisotopic (exact) mass is 394 g/mol. The zero-order chi connectivity index (χ0) is 20.1. The molecule has 152 valence electrons. The first-order chi connectivity index (χ1) is 13.3. The van der Waals surface area contributed by atoms with Gasteiger partial charge in [-0.2, -0.15) is 0 Å². The fraction of sp³-hybridized carbons (Fsp3) is 0.526. The standard InChI is InChI=1S/C19H22O9/c1-19(2)27-16-14-13(26-18(16)28-19)15(17(22)25-14)24-12(21)7-5-9-4-6-10(20)11(8-9)23-3/h4-8,12-16,18,20-21H,1-3H3/b7-5+. The van der Waals surface area contributed by atoms with E-state index in [-0.39, 0.29) is 5.75 Å². The summed E-state index contributed by atoms with van der Waals surface area (Å²) in [5.41, 5.74) is 0.667. The minimum absolute atomic E-state index is 0.00716. The van der Waals surface area contributed by atoms with Gasteiger partial charge in [-0.05, 0) is 37.6 Å². The van der Waals surface area contributed by atoms with E-state index < -0.39 is 48.8 Å². The number of hydrogen-bond donors (Lipinski definition) is 2. The van der Waals surface area contributed by atoms with Gasteiger partial charge in [-0.25, -0.2) is 4.79 Å². The minimum atomic E-state index is -1.38. The molecule has 0 radical (unpaired) electrons. The lowest BCUT2D eigenvalue weighted by atomic mass is 10.1. The summed E-state index contributed by atoms with van der Waals surface area (Å²) in [6.07, 6.45) is -2.10. The molecule has 1 aromatic carbocycles. The molecule has 0 bridgehead atoms. The van der Waals surface area contributed by atoms with E-state index in [0.29, 0.717) is 11.3 Å². The Balaban J connectivity index is 1.40. The summed E-state index contributed by atoms with van der Waals surface area (Å²) in [4.78, 5) is 12.2. The average Bonchev–Trinajstić information content (AvgIpc) is 3.21. The van der Waals surface area contributed by atoms with Crippen molar-refractivity contribution in [3.8, 4) is 11.5 Å². The Morgan fingerprint density at radius 1 is 1.21 bits per heavy atom. The van der Waals surface area contributed by atoms with Gasteiger partial charge >= 0.3 is 5.97 Å². The molecule has 9 nitrogen and oxygen atoms in total. The SMILES string of the molecule is COc1cc(/C=C/C(O)OC2C(=O)OC3C4OC(C)(C)OC4OC23)ccc1O. The molecule has 0 saturated carbocycles. The van der Waals surface area contributed by atoms with Crippen LogP contribution in [0, 0.1) is 0 Å². The first kappa shape index (κ1) is 19.2. The summed E-state index contributed by atoms with van der Waals surface area (Å²) < 4.78 is 32.9. The van der Waals surface area contributed by atoms with Gasteiger partial charge in [0.25, 0.3) is 0 Å². The maximum absolute atomic E-state index is 12.2. The lowest BCUT2D eigenvalue weighted by molar-refractivity contribution is -0.222. The van der Waals surface area contributed by atoms with Gasteiger partial charge in [0, 0.05) is 0 Å². The number of ether oxygens (including phenoxy) is 6. The highest BCUT2D eigenvalue weighted by Crippen LogP contribution is 2.43. The number of phenolic OH excluding ortho intramolecular Hbond substituents is 1. The fourth-order valence-corrected chi connectivity index (χ4v) is 3.54. The number of rotatable bonds is 5. The molecule has 2 N–H and O–H groups in total. The Morgan fingerprint density at radius 2 is 2.00 bits per heavy atom. The fourth-order valence-electron chi connectivity index (χ4n) is 3.54. The van der Waals surface area contributed by atoms with Gasteiger partial charge in [0.2, 0.25) is 0 Å². The van der Waals surface area contributed by atoms with Gasteiger partial charge in [-0.15, -0.1) is 0 Å². The second-order valence-electron chi connectivity index (χ2n) is 7.21. The molecule has 3 saturated heterocycles. The maximum atomic E-state index is 12.2. The van der Waals surface area contributed by atoms with Gasteiger partial charge in [-0.3, -0.25) is 0 Å². The number of esters is 1. The Morgan fingerprint density at radius 3 is 2.75 bits per heavy atom. The highest BCUT2D eigenvalue weighted by atomic mass is 16.9. The van der Waals surface area contributed by atoms with Crippen LogP contribution in [-0.2, 0) is 28.5 Å². The van der Waals surface area contributed by atoms with E-state index in [0.717, 1.165) is 0 Å². The van der Waals surface area contributed by atoms with Gasteiger partial charge in [0.15, 0.2) is 48.2 Å². The molecule has 3 aliphatic heterocycles. The molecule has 6 atom stereocenters. The number of methoxy groups -OCH3 is 1. The zero-order valence-corrected chi connectivity index (χ0v) is 15.6. The molecule has 3 fully saturated rings. The second kappa shape index (κ2) is 7.02.